The van der Waals surface area contributed by atoms with Gasteiger partial charge in [0.2, 0.25) is 0 Å². The maximum atomic E-state index is 3.11. The Kier molecular flexibility index (Phi) is 2.94. The Bertz CT molecular complexity index is 330. The molecule has 1 aromatic carbocycles. The lowest BCUT2D eigenvalue weighted by Crippen LogP contribution is -1.88. The third-order valence-electron chi connectivity index (χ3n) is 1.85. The summed E-state index contributed by atoms with van der Waals surface area (Å²) < 4.78 is 0. The molecule has 0 bridgehead atoms. The molecule has 0 aliphatic carbocycles. The average molecular weight is 223 g/mol. The van der Waals surface area contributed by atoms with Crippen LogP contribution in [0.2, 0.25) is 0 Å². The Labute approximate surface area is 82.1 Å². The molecule has 0 spiro atoms. The highest BCUT2D eigenvalue weighted by Crippen LogP contribution is 2.14. The number of benzene rings is 1. The maximum Gasteiger partial charge on any atom is 0.0312 e. The SMILES string of the molecule is Cc1cc(C)c(C#CBr)c(C)c1. The van der Waals surface area contributed by atoms with Crippen LogP contribution in [0.1, 0.15) is 22.3 Å². The van der Waals surface area contributed by atoms with Gasteiger partial charge in [-0.05, 0) is 36.7 Å². The first kappa shape index (κ1) is 9.35. The van der Waals surface area contributed by atoms with Crippen molar-refractivity contribution in [2.75, 3.05) is 0 Å². The van der Waals surface area contributed by atoms with Gasteiger partial charge >= 0.3 is 0 Å². The second kappa shape index (κ2) is 3.78. The van der Waals surface area contributed by atoms with Crippen molar-refractivity contribution in [2.45, 2.75) is 20.8 Å². The standard InChI is InChI=1S/C11H11Br/c1-8-6-9(2)11(4-5-12)10(3)7-8/h6-7H,1-3H3. The number of rotatable bonds is 0. The average Bonchev–Trinajstić information content (AvgIpc) is 1.96. The molecule has 0 aliphatic heterocycles. The number of hydrogen-bond acceptors (Lipinski definition) is 0. The van der Waals surface area contributed by atoms with Gasteiger partial charge in [-0.25, -0.2) is 0 Å². The predicted octanol–water partition coefficient (Wildman–Crippen LogP) is 3.32. The Balaban J connectivity index is 3.34. The Morgan fingerprint density at radius 3 is 2.00 bits per heavy atom. The maximum absolute atomic E-state index is 3.11. The van der Waals surface area contributed by atoms with E-state index in [1.165, 1.54) is 16.7 Å². The van der Waals surface area contributed by atoms with Crippen LogP contribution < -0.4 is 0 Å². The van der Waals surface area contributed by atoms with Crippen LogP contribution >= 0.6 is 15.9 Å². The Hall–Kier alpha value is -0.740. The molecule has 0 fully saturated rings. The van der Waals surface area contributed by atoms with Gasteiger partial charge in [-0.3, -0.25) is 0 Å². The summed E-state index contributed by atoms with van der Waals surface area (Å²) in [4.78, 5) is 2.75. The summed E-state index contributed by atoms with van der Waals surface area (Å²) in [7, 11) is 0. The van der Waals surface area contributed by atoms with E-state index in [2.05, 4.69) is 59.6 Å². The molecule has 0 aromatic heterocycles. The lowest BCUT2D eigenvalue weighted by molar-refractivity contribution is 1.30. The van der Waals surface area contributed by atoms with E-state index in [4.69, 9.17) is 0 Å². The zero-order valence-electron chi connectivity index (χ0n) is 7.53. The van der Waals surface area contributed by atoms with Crippen molar-refractivity contribution in [3.05, 3.63) is 34.4 Å². The molecule has 1 rings (SSSR count). The smallest absolute Gasteiger partial charge is 0.0312 e. The quantitative estimate of drug-likeness (QED) is 0.592. The number of hydrogen-bond donors (Lipinski definition) is 0. The van der Waals surface area contributed by atoms with Gasteiger partial charge in [-0.2, -0.15) is 0 Å². The molecule has 12 heavy (non-hydrogen) atoms. The molecular weight excluding hydrogens is 212 g/mol. The van der Waals surface area contributed by atoms with Crippen LogP contribution in [0.25, 0.3) is 0 Å². The van der Waals surface area contributed by atoms with Crippen molar-refractivity contribution in [1.82, 2.24) is 0 Å². The highest BCUT2D eigenvalue weighted by atomic mass is 79.9. The first-order valence-electron chi connectivity index (χ1n) is 3.84. The highest BCUT2D eigenvalue weighted by Gasteiger charge is 1.99. The molecule has 0 saturated carbocycles. The topological polar surface area (TPSA) is 0 Å². The minimum Gasteiger partial charge on any atom is -0.0551 e. The van der Waals surface area contributed by atoms with Gasteiger partial charge in [0.1, 0.15) is 0 Å². The lowest BCUT2D eigenvalue weighted by Gasteiger charge is -2.04. The van der Waals surface area contributed by atoms with Crippen LogP contribution in [-0.4, -0.2) is 0 Å². The fourth-order valence-corrected chi connectivity index (χ4v) is 1.62. The van der Waals surface area contributed by atoms with E-state index in [1.807, 2.05) is 0 Å². The summed E-state index contributed by atoms with van der Waals surface area (Å²) in [5.41, 5.74) is 4.93. The molecule has 0 unspecified atom stereocenters. The van der Waals surface area contributed by atoms with Crippen molar-refractivity contribution >= 4 is 15.9 Å². The summed E-state index contributed by atoms with van der Waals surface area (Å²) in [5.74, 6) is 3.04. The number of halogens is 1. The molecule has 1 aromatic rings. The summed E-state index contributed by atoms with van der Waals surface area (Å²) in [6, 6.07) is 4.30. The molecule has 0 aliphatic rings. The Morgan fingerprint density at radius 2 is 1.58 bits per heavy atom. The predicted molar refractivity (Wildman–Crippen MR) is 56.5 cm³/mol. The van der Waals surface area contributed by atoms with Crippen LogP contribution in [0.5, 0.6) is 0 Å². The monoisotopic (exact) mass is 222 g/mol. The van der Waals surface area contributed by atoms with Crippen molar-refractivity contribution in [2.24, 2.45) is 0 Å². The van der Waals surface area contributed by atoms with Gasteiger partial charge in [0.15, 0.2) is 0 Å². The zero-order chi connectivity index (χ0) is 9.14. The zero-order valence-corrected chi connectivity index (χ0v) is 9.12. The summed E-state index contributed by atoms with van der Waals surface area (Å²) in [6.45, 7) is 6.28. The van der Waals surface area contributed by atoms with Gasteiger partial charge in [-0.15, -0.1) is 0 Å². The van der Waals surface area contributed by atoms with E-state index < -0.39 is 0 Å². The highest BCUT2D eigenvalue weighted by molar-refractivity contribution is 9.12. The van der Waals surface area contributed by atoms with Gasteiger partial charge in [0.25, 0.3) is 0 Å². The second-order valence-corrected chi connectivity index (χ2v) is 3.39. The molecule has 62 valence electrons. The van der Waals surface area contributed by atoms with Crippen LogP contribution in [0, 0.1) is 31.5 Å². The van der Waals surface area contributed by atoms with E-state index in [-0.39, 0.29) is 0 Å². The van der Waals surface area contributed by atoms with Crippen LogP contribution in [-0.2, 0) is 0 Å². The van der Waals surface area contributed by atoms with Gasteiger partial charge in [0.05, 0.1) is 0 Å². The third kappa shape index (κ3) is 1.89. The molecule has 0 heterocycles. The number of aryl methyl sites for hydroxylation is 3. The molecule has 0 N–H and O–H groups in total. The van der Waals surface area contributed by atoms with Crippen molar-refractivity contribution < 1.29 is 0 Å². The van der Waals surface area contributed by atoms with Crippen molar-refractivity contribution in [1.29, 1.82) is 0 Å². The molecule has 0 atom stereocenters. The molecule has 0 radical (unpaired) electrons. The fraction of sp³-hybridized carbons (Fsp3) is 0.273. The molecule has 1 heteroatoms. The largest absolute Gasteiger partial charge is 0.0551 e. The summed E-state index contributed by atoms with van der Waals surface area (Å²) >= 11 is 3.11. The van der Waals surface area contributed by atoms with E-state index in [9.17, 15) is 0 Å². The van der Waals surface area contributed by atoms with Crippen LogP contribution in [0.15, 0.2) is 12.1 Å². The van der Waals surface area contributed by atoms with E-state index in [0.717, 1.165) is 5.56 Å². The van der Waals surface area contributed by atoms with Crippen LogP contribution in [0.4, 0.5) is 0 Å². The van der Waals surface area contributed by atoms with Gasteiger partial charge in [-0.1, -0.05) is 23.6 Å². The molecular formula is C11H11Br. The first-order chi connectivity index (χ1) is 5.65. The first-order valence-corrected chi connectivity index (χ1v) is 4.64. The normalized spacial score (nSPS) is 9.00. The van der Waals surface area contributed by atoms with Gasteiger partial charge < -0.3 is 0 Å². The third-order valence-corrected chi connectivity index (χ3v) is 2.05. The minimum absolute atomic E-state index is 1.14. The second-order valence-electron chi connectivity index (χ2n) is 2.99. The molecule has 0 amide bonds. The molecule has 0 nitrogen and oxygen atoms in total. The van der Waals surface area contributed by atoms with E-state index in [0.29, 0.717) is 0 Å². The summed E-state index contributed by atoms with van der Waals surface area (Å²) in [6.07, 6.45) is 0. The summed E-state index contributed by atoms with van der Waals surface area (Å²) in [5, 5.41) is 0. The van der Waals surface area contributed by atoms with E-state index >= 15 is 0 Å². The van der Waals surface area contributed by atoms with Crippen molar-refractivity contribution in [3.8, 4) is 10.8 Å². The fourth-order valence-electron chi connectivity index (χ4n) is 1.42. The Morgan fingerprint density at radius 1 is 1.08 bits per heavy atom. The van der Waals surface area contributed by atoms with Crippen LogP contribution in [0.3, 0.4) is 0 Å². The minimum atomic E-state index is 1.14. The lowest BCUT2D eigenvalue weighted by atomic mass is 10.0. The van der Waals surface area contributed by atoms with Crippen molar-refractivity contribution in [3.63, 3.8) is 0 Å². The van der Waals surface area contributed by atoms with Gasteiger partial charge in [0, 0.05) is 21.5 Å². The van der Waals surface area contributed by atoms with E-state index in [1.54, 1.807) is 0 Å². The molecule has 0 saturated heterocycles.